The second kappa shape index (κ2) is 3.81. The van der Waals surface area contributed by atoms with Crippen LogP contribution in [0.25, 0.3) is 11.2 Å². The lowest BCUT2D eigenvalue weighted by molar-refractivity contribution is 0.537. The molecule has 2 N–H and O–H groups in total. The van der Waals surface area contributed by atoms with Crippen molar-refractivity contribution in [2.45, 2.75) is 6.67 Å². The van der Waals surface area contributed by atoms with Gasteiger partial charge in [-0.3, -0.25) is 4.57 Å². The monoisotopic (exact) mass is 240 g/mol. The molecule has 8 heteroatoms. The summed E-state index contributed by atoms with van der Waals surface area (Å²) in [5, 5.41) is 7.69. The minimum atomic E-state index is 0.349. The maximum absolute atomic E-state index is 5.70. The highest BCUT2D eigenvalue weighted by Gasteiger charge is 2.08. The molecule has 3 aromatic rings. The van der Waals surface area contributed by atoms with Gasteiger partial charge in [0.1, 0.15) is 18.5 Å². The average molecular weight is 240 g/mol. The van der Waals surface area contributed by atoms with Crippen molar-refractivity contribution in [3.63, 3.8) is 0 Å². The van der Waals surface area contributed by atoms with Crippen molar-refractivity contribution in [2.24, 2.45) is 0 Å². The summed E-state index contributed by atoms with van der Waals surface area (Å²) in [6, 6.07) is 0. The molecule has 0 fully saturated rings. The van der Waals surface area contributed by atoms with Crippen molar-refractivity contribution < 1.29 is 0 Å². The molecule has 88 valence electrons. The van der Waals surface area contributed by atoms with Crippen LogP contribution in [0.4, 0.5) is 5.82 Å². The fourth-order valence-electron chi connectivity index (χ4n) is 1.59. The Morgan fingerprint density at radius 1 is 1.33 bits per heavy atom. The molecule has 0 bridgehead atoms. The number of aromatic nitrogens is 7. The maximum Gasteiger partial charge on any atom is 0.166 e. The molecule has 0 aliphatic carbocycles. The first-order chi connectivity index (χ1) is 8.78. The summed E-state index contributed by atoms with van der Waals surface area (Å²) in [5.74, 6) is 2.76. The lowest BCUT2D eigenvalue weighted by Crippen LogP contribution is -2.08. The Morgan fingerprint density at radius 2 is 2.22 bits per heavy atom. The topological polar surface area (TPSA) is 100 Å². The summed E-state index contributed by atoms with van der Waals surface area (Å²) in [4.78, 5) is 12.2. The van der Waals surface area contributed by atoms with Crippen molar-refractivity contribution in [1.29, 1.82) is 0 Å². The third-order valence-corrected chi connectivity index (χ3v) is 2.41. The summed E-state index contributed by atoms with van der Waals surface area (Å²) in [6.45, 7) is 0.404. The molecule has 0 spiro atoms. The molecule has 0 radical (unpaired) electrons. The zero-order valence-corrected chi connectivity index (χ0v) is 9.22. The fourth-order valence-corrected chi connectivity index (χ4v) is 1.59. The normalized spacial score (nSPS) is 10.6. The second-order valence-corrected chi connectivity index (χ2v) is 3.57. The first kappa shape index (κ1) is 10.2. The number of rotatable bonds is 2. The SMILES string of the molecule is C#Cc1cn(Cn2cnc3c(N)ncnc32)nn1. The van der Waals surface area contributed by atoms with Gasteiger partial charge in [0.25, 0.3) is 0 Å². The molecule has 8 nitrogen and oxygen atoms in total. The van der Waals surface area contributed by atoms with Gasteiger partial charge in [0.15, 0.2) is 17.2 Å². The summed E-state index contributed by atoms with van der Waals surface area (Å²) in [7, 11) is 0. The standard InChI is InChI=1S/C10H8N8/c1-2-7-3-18(16-15-7)6-17-5-14-8-9(11)12-4-13-10(8)17/h1,3-5H,6H2,(H2,11,12,13). The number of nitrogen functional groups attached to an aromatic ring is 1. The van der Waals surface area contributed by atoms with E-state index in [0.29, 0.717) is 29.3 Å². The molecule has 0 saturated heterocycles. The highest BCUT2D eigenvalue weighted by Crippen LogP contribution is 2.13. The Balaban J connectivity index is 2.00. The van der Waals surface area contributed by atoms with Crippen LogP contribution in [0.2, 0.25) is 0 Å². The highest BCUT2D eigenvalue weighted by molar-refractivity contribution is 5.80. The van der Waals surface area contributed by atoms with E-state index in [1.807, 2.05) is 0 Å². The first-order valence-electron chi connectivity index (χ1n) is 5.06. The molecule has 0 unspecified atom stereocenters. The van der Waals surface area contributed by atoms with Gasteiger partial charge in [-0.2, -0.15) is 0 Å². The van der Waals surface area contributed by atoms with Gasteiger partial charge < -0.3 is 5.73 Å². The highest BCUT2D eigenvalue weighted by atomic mass is 15.5. The first-order valence-corrected chi connectivity index (χ1v) is 5.06. The van der Waals surface area contributed by atoms with Gasteiger partial charge in [-0.05, 0) is 5.92 Å². The third kappa shape index (κ3) is 1.54. The molecule has 18 heavy (non-hydrogen) atoms. The zero-order chi connectivity index (χ0) is 12.5. The molecular weight excluding hydrogens is 232 g/mol. The van der Waals surface area contributed by atoms with Crippen LogP contribution in [0.1, 0.15) is 5.69 Å². The minimum absolute atomic E-state index is 0.349. The number of fused-ring (bicyclic) bond motifs is 1. The van der Waals surface area contributed by atoms with Crippen LogP contribution in [0.15, 0.2) is 18.9 Å². The number of nitrogens with zero attached hydrogens (tertiary/aromatic N) is 7. The number of anilines is 1. The van der Waals surface area contributed by atoms with Gasteiger partial charge in [-0.25, -0.2) is 19.6 Å². The Labute approximate surface area is 101 Å². The van der Waals surface area contributed by atoms with Crippen LogP contribution < -0.4 is 5.73 Å². The zero-order valence-electron chi connectivity index (χ0n) is 9.22. The quantitative estimate of drug-likeness (QED) is 0.605. The van der Waals surface area contributed by atoms with Crippen molar-refractivity contribution in [3.8, 4) is 12.3 Å². The van der Waals surface area contributed by atoms with Gasteiger partial charge in [0.2, 0.25) is 0 Å². The fraction of sp³-hybridized carbons (Fsp3) is 0.100. The van der Waals surface area contributed by atoms with Crippen LogP contribution in [-0.4, -0.2) is 34.5 Å². The third-order valence-electron chi connectivity index (χ3n) is 2.41. The summed E-state index contributed by atoms with van der Waals surface area (Å²) >= 11 is 0. The second-order valence-electron chi connectivity index (χ2n) is 3.57. The van der Waals surface area contributed by atoms with Crippen LogP contribution in [0.3, 0.4) is 0 Å². The Morgan fingerprint density at radius 3 is 3.00 bits per heavy atom. The molecule has 0 amide bonds. The molecule has 0 aliphatic heterocycles. The van der Waals surface area contributed by atoms with Crippen LogP contribution >= 0.6 is 0 Å². The van der Waals surface area contributed by atoms with Crippen LogP contribution in [0.5, 0.6) is 0 Å². The largest absolute Gasteiger partial charge is 0.382 e. The number of terminal acetylenes is 1. The Hall–Kier alpha value is -2.95. The van der Waals surface area contributed by atoms with E-state index in [-0.39, 0.29) is 0 Å². The molecule has 3 heterocycles. The Bertz CT molecular complexity index is 747. The summed E-state index contributed by atoms with van der Waals surface area (Å²) in [6.07, 6.45) is 9.90. The number of nitrogens with two attached hydrogens (primary N) is 1. The molecule has 0 atom stereocenters. The van der Waals surface area contributed by atoms with Gasteiger partial charge in [-0.15, -0.1) is 11.5 Å². The van der Waals surface area contributed by atoms with E-state index in [0.717, 1.165) is 0 Å². The lowest BCUT2D eigenvalue weighted by Gasteiger charge is -2.02. The smallest absolute Gasteiger partial charge is 0.166 e. The maximum atomic E-state index is 5.70. The van der Waals surface area contributed by atoms with Gasteiger partial charge in [0, 0.05) is 0 Å². The van der Waals surface area contributed by atoms with E-state index in [4.69, 9.17) is 12.2 Å². The predicted octanol–water partition coefficient (Wildman–Crippen LogP) is -0.513. The van der Waals surface area contributed by atoms with E-state index in [1.54, 1.807) is 21.8 Å². The lowest BCUT2D eigenvalue weighted by atomic mass is 10.5. The van der Waals surface area contributed by atoms with Crippen molar-refractivity contribution >= 4 is 17.0 Å². The molecule has 0 aromatic carbocycles. The van der Waals surface area contributed by atoms with Gasteiger partial charge in [0.05, 0.1) is 12.5 Å². The van der Waals surface area contributed by atoms with Crippen LogP contribution in [0, 0.1) is 12.3 Å². The van der Waals surface area contributed by atoms with Crippen LogP contribution in [-0.2, 0) is 6.67 Å². The molecular formula is C10H8N8. The van der Waals surface area contributed by atoms with Gasteiger partial charge in [-0.1, -0.05) is 5.21 Å². The minimum Gasteiger partial charge on any atom is -0.382 e. The van der Waals surface area contributed by atoms with E-state index < -0.39 is 0 Å². The molecule has 0 aliphatic rings. The number of hydrogen-bond donors (Lipinski definition) is 1. The Kier molecular flexibility index (Phi) is 2.16. The summed E-state index contributed by atoms with van der Waals surface area (Å²) in [5.41, 5.74) is 7.38. The van der Waals surface area contributed by atoms with E-state index in [1.165, 1.54) is 6.33 Å². The van der Waals surface area contributed by atoms with Gasteiger partial charge >= 0.3 is 0 Å². The number of hydrogen-bond acceptors (Lipinski definition) is 6. The van der Waals surface area contributed by atoms with Crippen molar-refractivity contribution in [1.82, 2.24) is 34.5 Å². The van der Waals surface area contributed by atoms with E-state index >= 15 is 0 Å². The van der Waals surface area contributed by atoms with Crippen molar-refractivity contribution in [2.75, 3.05) is 5.73 Å². The molecule has 3 rings (SSSR count). The summed E-state index contributed by atoms with van der Waals surface area (Å²) < 4.78 is 3.37. The van der Waals surface area contributed by atoms with E-state index in [9.17, 15) is 0 Å². The van der Waals surface area contributed by atoms with E-state index in [2.05, 4.69) is 31.2 Å². The number of imidazole rings is 1. The van der Waals surface area contributed by atoms with Crippen molar-refractivity contribution in [3.05, 3.63) is 24.5 Å². The predicted molar refractivity (Wildman–Crippen MR) is 63.1 cm³/mol. The average Bonchev–Trinajstić information content (AvgIpc) is 2.98. The molecule has 0 saturated carbocycles. The molecule has 3 aromatic heterocycles.